The molecular formula is C17H28ClN3O5S. The highest BCUT2D eigenvalue weighted by Crippen LogP contribution is 2.37. The second-order valence-electron chi connectivity index (χ2n) is 6.65. The van der Waals surface area contributed by atoms with Crippen LogP contribution in [0.1, 0.15) is 30.1 Å². The molecule has 0 radical (unpaired) electrons. The monoisotopic (exact) mass is 421 g/mol. The number of halogens is 1. The van der Waals surface area contributed by atoms with Crippen molar-refractivity contribution in [1.82, 2.24) is 4.90 Å². The zero-order chi connectivity index (χ0) is 19.5. The zero-order valence-corrected chi connectivity index (χ0v) is 17.7. The Bertz CT molecular complexity index is 770. The van der Waals surface area contributed by atoms with E-state index in [0.29, 0.717) is 18.7 Å². The van der Waals surface area contributed by atoms with Gasteiger partial charge in [0.1, 0.15) is 0 Å². The molecule has 2 atom stereocenters. The number of hydrogen-bond donors (Lipinski definition) is 2. The molecule has 0 spiro atoms. The van der Waals surface area contributed by atoms with E-state index in [1.807, 2.05) is 6.92 Å². The molecule has 10 heteroatoms. The molecule has 154 valence electrons. The number of likely N-dealkylation sites (tertiary alicyclic amines) is 1. The number of hydrogen-bond acceptors (Lipinski definition) is 6. The van der Waals surface area contributed by atoms with Gasteiger partial charge in [-0.3, -0.25) is 9.52 Å². The molecular weight excluding hydrogens is 394 g/mol. The molecule has 2 rings (SSSR count). The molecule has 1 fully saturated rings. The molecule has 1 aliphatic heterocycles. The van der Waals surface area contributed by atoms with E-state index in [4.69, 9.17) is 15.2 Å². The summed E-state index contributed by atoms with van der Waals surface area (Å²) >= 11 is 0. The van der Waals surface area contributed by atoms with Crippen molar-refractivity contribution in [2.75, 3.05) is 38.3 Å². The van der Waals surface area contributed by atoms with Crippen LogP contribution in [0.3, 0.4) is 0 Å². The number of nitrogens with two attached hydrogens (primary N) is 1. The van der Waals surface area contributed by atoms with Crippen LogP contribution in [0.2, 0.25) is 0 Å². The molecule has 8 nitrogen and oxygen atoms in total. The van der Waals surface area contributed by atoms with E-state index in [0.717, 1.165) is 19.1 Å². The van der Waals surface area contributed by atoms with Crippen LogP contribution in [-0.4, -0.2) is 58.8 Å². The first-order valence-corrected chi connectivity index (χ1v) is 10.3. The Morgan fingerprint density at radius 1 is 1.33 bits per heavy atom. The van der Waals surface area contributed by atoms with Gasteiger partial charge in [0, 0.05) is 24.7 Å². The number of ether oxygens (including phenoxy) is 2. The topological polar surface area (TPSA) is 111 Å². The molecule has 3 N–H and O–H groups in total. The second kappa shape index (κ2) is 9.48. The first kappa shape index (κ1) is 23.3. The predicted molar refractivity (Wildman–Crippen MR) is 108 cm³/mol. The lowest BCUT2D eigenvalue weighted by Gasteiger charge is -2.34. The van der Waals surface area contributed by atoms with Gasteiger partial charge in [-0.1, -0.05) is 0 Å². The van der Waals surface area contributed by atoms with Gasteiger partial charge in [-0.15, -0.1) is 12.4 Å². The highest BCUT2D eigenvalue weighted by molar-refractivity contribution is 7.92. The summed E-state index contributed by atoms with van der Waals surface area (Å²) in [5.41, 5.74) is 6.49. The summed E-state index contributed by atoms with van der Waals surface area (Å²) in [5.74, 6) is 0.571. The van der Waals surface area contributed by atoms with E-state index in [-0.39, 0.29) is 47.5 Å². The molecule has 1 aliphatic rings. The van der Waals surface area contributed by atoms with Gasteiger partial charge in [0.15, 0.2) is 11.5 Å². The van der Waals surface area contributed by atoms with E-state index < -0.39 is 10.0 Å². The van der Waals surface area contributed by atoms with Crippen LogP contribution in [0.25, 0.3) is 0 Å². The molecule has 0 aliphatic carbocycles. The summed E-state index contributed by atoms with van der Waals surface area (Å²) in [4.78, 5) is 14.7. The van der Waals surface area contributed by atoms with Crippen molar-refractivity contribution in [3.63, 3.8) is 0 Å². The molecule has 0 aromatic heterocycles. The third-order valence-electron chi connectivity index (χ3n) is 4.51. The van der Waals surface area contributed by atoms with E-state index in [1.165, 1.54) is 20.3 Å². The maximum atomic E-state index is 13.0. The zero-order valence-electron chi connectivity index (χ0n) is 16.0. The van der Waals surface area contributed by atoms with Crippen LogP contribution >= 0.6 is 12.4 Å². The smallest absolute Gasteiger partial charge is 0.254 e. The van der Waals surface area contributed by atoms with Gasteiger partial charge in [-0.25, -0.2) is 8.42 Å². The standard InChI is InChI=1S/C17H27N3O5S.ClH/c1-11(18)12-6-5-7-20(10-12)17(21)13-8-14(19-26(4,22)23)16(25-3)15(9-13)24-2;/h8-9,11-12,19H,5-7,10,18H2,1-4H3;1H. The first-order valence-electron chi connectivity index (χ1n) is 8.45. The van der Waals surface area contributed by atoms with Crippen molar-refractivity contribution in [3.8, 4) is 11.5 Å². The van der Waals surface area contributed by atoms with E-state index in [9.17, 15) is 13.2 Å². The molecule has 1 amide bonds. The number of carbonyl (C=O) groups excluding carboxylic acids is 1. The second-order valence-corrected chi connectivity index (χ2v) is 8.39. The Morgan fingerprint density at radius 3 is 2.52 bits per heavy atom. The van der Waals surface area contributed by atoms with Gasteiger partial charge < -0.3 is 20.1 Å². The number of nitrogens with zero attached hydrogens (tertiary/aromatic N) is 1. The Balaban J connectivity index is 0.00000364. The van der Waals surface area contributed by atoms with Gasteiger partial charge in [-0.2, -0.15) is 0 Å². The molecule has 2 unspecified atom stereocenters. The highest BCUT2D eigenvalue weighted by atomic mass is 35.5. The molecule has 27 heavy (non-hydrogen) atoms. The minimum atomic E-state index is -3.55. The summed E-state index contributed by atoms with van der Waals surface area (Å²) in [6, 6.07) is 3.04. The van der Waals surface area contributed by atoms with Gasteiger partial charge in [-0.05, 0) is 37.8 Å². The lowest BCUT2D eigenvalue weighted by atomic mass is 9.92. The van der Waals surface area contributed by atoms with Crippen molar-refractivity contribution in [2.24, 2.45) is 11.7 Å². The maximum absolute atomic E-state index is 13.0. The number of methoxy groups -OCH3 is 2. The Labute approximate surface area is 166 Å². The normalized spacial score (nSPS) is 18.3. The Morgan fingerprint density at radius 2 is 2.00 bits per heavy atom. The lowest BCUT2D eigenvalue weighted by molar-refractivity contribution is 0.0660. The van der Waals surface area contributed by atoms with Crippen LogP contribution in [-0.2, 0) is 10.0 Å². The summed E-state index contributed by atoms with van der Waals surface area (Å²) in [6.07, 6.45) is 2.92. The van der Waals surface area contributed by atoms with Crippen molar-refractivity contribution < 1.29 is 22.7 Å². The van der Waals surface area contributed by atoms with E-state index >= 15 is 0 Å². The van der Waals surface area contributed by atoms with Gasteiger partial charge in [0.2, 0.25) is 10.0 Å². The van der Waals surface area contributed by atoms with Gasteiger partial charge in [0.25, 0.3) is 5.91 Å². The van der Waals surface area contributed by atoms with Gasteiger partial charge >= 0.3 is 0 Å². The minimum Gasteiger partial charge on any atom is -0.493 e. The fourth-order valence-electron chi connectivity index (χ4n) is 3.17. The SMILES string of the molecule is COc1cc(C(=O)N2CCCC(C(C)N)C2)cc(NS(C)(=O)=O)c1OC.Cl. The van der Waals surface area contributed by atoms with Gasteiger partial charge in [0.05, 0.1) is 26.2 Å². The number of nitrogens with one attached hydrogen (secondary N) is 1. The summed E-state index contributed by atoms with van der Waals surface area (Å²) in [6.45, 7) is 3.17. The maximum Gasteiger partial charge on any atom is 0.254 e. The third-order valence-corrected chi connectivity index (χ3v) is 5.10. The average Bonchev–Trinajstić information content (AvgIpc) is 2.59. The quantitative estimate of drug-likeness (QED) is 0.723. The number of rotatable bonds is 6. The predicted octanol–water partition coefficient (Wildman–Crippen LogP) is 1.70. The first-order chi connectivity index (χ1) is 12.2. The van der Waals surface area contributed by atoms with Crippen molar-refractivity contribution in [1.29, 1.82) is 0 Å². The van der Waals surface area contributed by atoms with E-state index in [2.05, 4.69) is 4.72 Å². The summed E-state index contributed by atoms with van der Waals surface area (Å²) in [5, 5.41) is 0. The lowest BCUT2D eigenvalue weighted by Crippen LogP contribution is -2.45. The minimum absolute atomic E-state index is 0. The third kappa shape index (κ3) is 5.88. The molecule has 1 aromatic rings. The number of amides is 1. The van der Waals surface area contributed by atoms with Crippen LogP contribution in [0, 0.1) is 5.92 Å². The average molecular weight is 422 g/mol. The number of piperidine rings is 1. The summed E-state index contributed by atoms with van der Waals surface area (Å²) < 4.78 is 36.2. The highest BCUT2D eigenvalue weighted by Gasteiger charge is 2.28. The fraction of sp³-hybridized carbons (Fsp3) is 0.588. The number of carbonyl (C=O) groups is 1. The molecule has 1 saturated heterocycles. The number of sulfonamides is 1. The fourth-order valence-corrected chi connectivity index (χ4v) is 3.72. The molecule has 0 saturated carbocycles. The molecule has 0 bridgehead atoms. The van der Waals surface area contributed by atoms with Crippen molar-refractivity contribution in [3.05, 3.63) is 17.7 Å². The molecule has 1 aromatic carbocycles. The molecule has 1 heterocycles. The van der Waals surface area contributed by atoms with Crippen molar-refractivity contribution in [2.45, 2.75) is 25.8 Å². The summed E-state index contributed by atoms with van der Waals surface area (Å²) in [7, 11) is -0.708. The van der Waals surface area contributed by atoms with Crippen LogP contribution < -0.4 is 19.9 Å². The number of anilines is 1. The van der Waals surface area contributed by atoms with Crippen LogP contribution in [0.15, 0.2) is 12.1 Å². The van der Waals surface area contributed by atoms with Crippen molar-refractivity contribution >= 4 is 34.0 Å². The Kier molecular flexibility index (Phi) is 8.19. The largest absolute Gasteiger partial charge is 0.493 e. The van der Waals surface area contributed by atoms with Crippen LogP contribution in [0.5, 0.6) is 11.5 Å². The Hall–Kier alpha value is -1.71. The van der Waals surface area contributed by atoms with E-state index in [1.54, 1.807) is 11.0 Å². The number of benzene rings is 1. The van der Waals surface area contributed by atoms with Crippen LogP contribution in [0.4, 0.5) is 5.69 Å².